The molecule has 2 rings (SSSR count). The predicted molar refractivity (Wildman–Crippen MR) is 69.6 cm³/mol. The van der Waals surface area contributed by atoms with Crippen LogP contribution < -0.4 is 11.1 Å². The minimum atomic E-state index is -0.401. The first kappa shape index (κ1) is 13.1. The van der Waals surface area contributed by atoms with Gasteiger partial charge >= 0.3 is 0 Å². The van der Waals surface area contributed by atoms with Crippen molar-refractivity contribution in [2.45, 2.75) is 19.5 Å². The van der Waals surface area contributed by atoms with Crippen LogP contribution in [0.1, 0.15) is 18.5 Å². The zero-order valence-electron chi connectivity index (χ0n) is 10.5. The first-order valence-electron chi connectivity index (χ1n) is 5.88. The van der Waals surface area contributed by atoms with Crippen molar-refractivity contribution in [2.75, 3.05) is 5.73 Å². The highest BCUT2D eigenvalue weighted by Gasteiger charge is 2.13. The highest BCUT2D eigenvalue weighted by Crippen LogP contribution is 2.15. The van der Waals surface area contributed by atoms with Crippen LogP contribution in [0.5, 0.6) is 0 Å². The van der Waals surface area contributed by atoms with E-state index in [0.29, 0.717) is 11.3 Å². The minimum absolute atomic E-state index is 0.0516. The van der Waals surface area contributed by atoms with Gasteiger partial charge < -0.3 is 11.1 Å². The maximum absolute atomic E-state index is 13.5. The van der Waals surface area contributed by atoms with Gasteiger partial charge in [0.05, 0.1) is 17.9 Å². The van der Waals surface area contributed by atoms with Gasteiger partial charge in [-0.25, -0.2) is 4.39 Å². The molecule has 1 atom stereocenters. The minimum Gasteiger partial charge on any atom is -0.396 e. The van der Waals surface area contributed by atoms with Crippen molar-refractivity contribution in [1.29, 1.82) is 0 Å². The van der Waals surface area contributed by atoms with Gasteiger partial charge in [-0.15, -0.1) is 0 Å². The molecule has 5 nitrogen and oxygen atoms in total. The van der Waals surface area contributed by atoms with Crippen LogP contribution in [0.2, 0.25) is 0 Å². The Labute approximate surface area is 110 Å². The number of anilines is 1. The Balaban J connectivity index is 1.97. The fraction of sp³-hybridized carbons (Fsp3) is 0.231. The van der Waals surface area contributed by atoms with E-state index >= 15 is 0 Å². The number of halogens is 1. The summed E-state index contributed by atoms with van der Waals surface area (Å²) < 4.78 is 15.0. The van der Waals surface area contributed by atoms with E-state index in [-0.39, 0.29) is 18.3 Å². The quantitative estimate of drug-likeness (QED) is 0.876. The van der Waals surface area contributed by atoms with E-state index < -0.39 is 6.04 Å². The molecular formula is C13H15FN4O. The molecule has 0 bridgehead atoms. The summed E-state index contributed by atoms with van der Waals surface area (Å²) >= 11 is 0. The third-order valence-electron chi connectivity index (χ3n) is 2.71. The maximum atomic E-state index is 13.5. The van der Waals surface area contributed by atoms with E-state index in [1.54, 1.807) is 31.3 Å². The van der Waals surface area contributed by atoms with Gasteiger partial charge in [-0.3, -0.25) is 9.48 Å². The maximum Gasteiger partial charge on any atom is 0.242 e. The van der Waals surface area contributed by atoms with Crippen LogP contribution in [-0.4, -0.2) is 15.7 Å². The van der Waals surface area contributed by atoms with Crippen LogP contribution in [-0.2, 0) is 11.3 Å². The van der Waals surface area contributed by atoms with E-state index in [4.69, 9.17) is 5.73 Å². The molecule has 1 aromatic heterocycles. The lowest BCUT2D eigenvalue weighted by molar-refractivity contribution is -0.122. The molecule has 2 aromatic rings. The summed E-state index contributed by atoms with van der Waals surface area (Å²) in [5.74, 6) is -0.586. The number of hydrogen-bond donors (Lipinski definition) is 2. The van der Waals surface area contributed by atoms with Crippen molar-refractivity contribution in [3.8, 4) is 0 Å². The van der Waals surface area contributed by atoms with Crippen molar-refractivity contribution in [3.63, 3.8) is 0 Å². The van der Waals surface area contributed by atoms with E-state index in [1.165, 1.54) is 16.9 Å². The molecule has 1 heterocycles. The molecule has 0 spiro atoms. The Morgan fingerprint density at radius 2 is 2.26 bits per heavy atom. The highest BCUT2D eigenvalue weighted by molar-refractivity contribution is 5.76. The van der Waals surface area contributed by atoms with Crippen molar-refractivity contribution in [2.24, 2.45) is 0 Å². The summed E-state index contributed by atoms with van der Waals surface area (Å²) in [5, 5.41) is 6.62. The number of carbonyl (C=O) groups is 1. The highest BCUT2D eigenvalue weighted by atomic mass is 19.1. The molecule has 0 aliphatic heterocycles. The van der Waals surface area contributed by atoms with Gasteiger partial charge in [0.25, 0.3) is 0 Å². The molecular weight excluding hydrogens is 247 g/mol. The third-order valence-corrected chi connectivity index (χ3v) is 2.71. The van der Waals surface area contributed by atoms with Crippen molar-refractivity contribution >= 4 is 11.6 Å². The zero-order valence-corrected chi connectivity index (χ0v) is 10.5. The zero-order chi connectivity index (χ0) is 13.8. The molecule has 6 heteroatoms. The second-order valence-corrected chi connectivity index (χ2v) is 4.28. The molecule has 0 aliphatic carbocycles. The molecule has 100 valence electrons. The first-order chi connectivity index (χ1) is 9.06. The van der Waals surface area contributed by atoms with E-state index in [2.05, 4.69) is 10.4 Å². The van der Waals surface area contributed by atoms with E-state index in [9.17, 15) is 9.18 Å². The molecule has 1 amide bonds. The van der Waals surface area contributed by atoms with Crippen LogP contribution in [0, 0.1) is 5.82 Å². The number of nitrogens with one attached hydrogen (secondary N) is 1. The molecule has 0 aliphatic rings. The molecule has 19 heavy (non-hydrogen) atoms. The monoisotopic (exact) mass is 262 g/mol. The number of rotatable bonds is 4. The van der Waals surface area contributed by atoms with Crippen molar-refractivity contribution in [3.05, 3.63) is 48.0 Å². The standard InChI is InChI=1S/C13H15FN4O/c1-9(11-4-2-3-5-12(11)14)17-13(19)8-18-7-10(15)6-16-18/h2-7,9H,8,15H2,1H3,(H,17,19). The topological polar surface area (TPSA) is 72.9 Å². The van der Waals surface area contributed by atoms with Crippen molar-refractivity contribution in [1.82, 2.24) is 15.1 Å². The fourth-order valence-corrected chi connectivity index (χ4v) is 1.80. The molecule has 0 fully saturated rings. The summed E-state index contributed by atoms with van der Waals surface area (Å²) in [6.45, 7) is 1.78. The molecule has 3 N–H and O–H groups in total. The van der Waals surface area contributed by atoms with Gasteiger partial charge in [0.1, 0.15) is 12.4 Å². The third kappa shape index (κ3) is 3.31. The Bertz CT molecular complexity index is 582. The molecule has 0 saturated carbocycles. The molecule has 1 unspecified atom stereocenters. The van der Waals surface area contributed by atoms with E-state index in [1.807, 2.05) is 0 Å². The Morgan fingerprint density at radius 1 is 1.53 bits per heavy atom. The fourth-order valence-electron chi connectivity index (χ4n) is 1.80. The van der Waals surface area contributed by atoms with Crippen LogP contribution in [0.3, 0.4) is 0 Å². The second kappa shape index (κ2) is 5.51. The average Bonchev–Trinajstić information content (AvgIpc) is 2.74. The SMILES string of the molecule is CC(NC(=O)Cn1cc(N)cn1)c1ccccc1F. The van der Waals surface area contributed by atoms with Crippen LogP contribution >= 0.6 is 0 Å². The van der Waals surface area contributed by atoms with Crippen LogP contribution in [0.15, 0.2) is 36.7 Å². The number of aromatic nitrogens is 2. The lowest BCUT2D eigenvalue weighted by Crippen LogP contribution is -2.30. The number of amides is 1. The Hall–Kier alpha value is -2.37. The summed E-state index contributed by atoms with van der Waals surface area (Å²) in [4.78, 5) is 11.8. The molecule has 1 aromatic carbocycles. The molecule has 0 saturated heterocycles. The summed E-state index contributed by atoms with van der Waals surface area (Å²) in [7, 11) is 0. The lowest BCUT2D eigenvalue weighted by atomic mass is 10.1. The van der Waals surface area contributed by atoms with Gasteiger partial charge in [-0.2, -0.15) is 5.10 Å². The molecule has 0 radical (unpaired) electrons. The number of benzene rings is 1. The van der Waals surface area contributed by atoms with Gasteiger partial charge in [-0.05, 0) is 13.0 Å². The van der Waals surface area contributed by atoms with Gasteiger partial charge in [0, 0.05) is 11.8 Å². The lowest BCUT2D eigenvalue weighted by Gasteiger charge is -2.15. The van der Waals surface area contributed by atoms with E-state index in [0.717, 1.165) is 0 Å². The average molecular weight is 262 g/mol. The second-order valence-electron chi connectivity index (χ2n) is 4.28. The summed E-state index contributed by atoms with van der Waals surface area (Å²) in [6, 6.07) is 5.95. The van der Waals surface area contributed by atoms with Crippen LogP contribution in [0.25, 0.3) is 0 Å². The van der Waals surface area contributed by atoms with Crippen LogP contribution in [0.4, 0.5) is 10.1 Å². The van der Waals surface area contributed by atoms with Gasteiger partial charge in [-0.1, -0.05) is 18.2 Å². The normalized spacial score (nSPS) is 12.1. The number of carbonyl (C=O) groups excluding carboxylic acids is 1. The predicted octanol–water partition coefficient (Wildman–Crippen LogP) is 1.48. The number of nitrogen functional groups attached to an aromatic ring is 1. The first-order valence-corrected chi connectivity index (χ1v) is 5.88. The number of hydrogen-bond acceptors (Lipinski definition) is 3. The summed E-state index contributed by atoms with van der Waals surface area (Å²) in [5.41, 5.74) is 6.45. The Kier molecular flexibility index (Phi) is 3.79. The van der Waals surface area contributed by atoms with Crippen molar-refractivity contribution < 1.29 is 9.18 Å². The largest absolute Gasteiger partial charge is 0.396 e. The smallest absolute Gasteiger partial charge is 0.242 e. The number of nitrogens with two attached hydrogens (primary N) is 1. The number of nitrogens with zero attached hydrogens (tertiary/aromatic N) is 2. The van der Waals surface area contributed by atoms with Gasteiger partial charge in [0.15, 0.2) is 0 Å². The Morgan fingerprint density at radius 3 is 2.89 bits per heavy atom. The van der Waals surface area contributed by atoms with Gasteiger partial charge in [0.2, 0.25) is 5.91 Å². The summed E-state index contributed by atoms with van der Waals surface area (Å²) in [6.07, 6.45) is 3.03.